The molecule has 1 saturated carbocycles. The first kappa shape index (κ1) is 13.5. The predicted octanol–water partition coefficient (Wildman–Crippen LogP) is 0.467. The Hall–Kier alpha value is -1.59. The minimum atomic E-state index is -1.12. The number of hydrogen-bond acceptors (Lipinski definition) is 3. The lowest BCUT2D eigenvalue weighted by molar-refractivity contribution is -0.149. The van der Waals surface area contributed by atoms with Crippen molar-refractivity contribution in [3.05, 3.63) is 0 Å². The van der Waals surface area contributed by atoms with Gasteiger partial charge in [0, 0.05) is 0 Å². The highest BCUT2D eigenvalue weighted by atomic mass is 16.4. The van der Waals surface area contributed by atoms with Gasteiger partial charge in [-0.2, -0.15) is 0 Å². The van der Waals surface area contributed by atoms with Crippen molar-refractivity contribution < 1.29 is 24.6 Å². The van der Waals surface area contributed by atoms with Gasteiger partial charge in [0.25, 0.3) is 0 Å². The van der Waals surface area contributed by atoms with E-state index >= 15 is 0 Å². The third-order valence-electron chi connectivity index (χ3n) is 3.15. The molecule has 0 aromatic rings. The maximum absolute atomic E-state index is 11.8. The predicted molar refractivity (Wildman–Crippen MR) is 58.3 cm³/mol. The molecule has 1 fully saturated rings. The molecule has 1 aliphatic carbocycles. The summed E-state index contributed by atoms with van der Waals surface area (Å²) in [6, 6.07) is -0.987. The third kappa shape index (κ3) is 3.44. The molecule has 6 heteroatoms. The van der Waals surface area contributed by atoms with Crippen LogP contribution < -0.4 is 5.32 Å². The van der Waals surface area contributed by atoms with Gasteiger partial charge in [0.1, 0.15) is 6.04 Å². The summed E-state index contributed by atoms with van der Waals surface area (Å²) < 4.78 is 0. The number of hydrogen-bond donors (Lipinski definition) is 3. The molecule has 0 spiro atoms. The maximum atomic E-state index is 11.8. The van der Waals surface area contributed by atoms with Crippen LogP contribution in [0.15, 0.2) is 0 Å². The van der Waals surface area contributed by atoms with E-state index in [0.29, 0.717) is 12.8 Å². The summed E-state index contributed by atoms with van der Waals surface area (Å²) in [7, 11) is 0. The van der Waals surface area contributed by atoms with Crippen molar-refractivity contribution in [1.29, 1.82) is 0 Å². The number of carbonyl (C=O) groups is 3. The summed E-state index contributed by atoms with van der Waals surface area (Å²) >= 11 is 0. The highest BCUT2D eigenvalue weighted by Gasteiger charge is 2.36. The molecule has 6 nitrogen and oxygen atoms in total. The van der Waals surface area contributed by atoms with E-state index in [0.717, 1.165) is 12.8 Å². The molecule has 1 aliphatic rings. The Balaban J connectivity index is 2.65. The molecule has 1 unspecified atom stereocenters. The van der Waals surface area contributed by atoms with Crippen LogP contribution in [0.4, 0.5) is 0 Å². The van der Waals surface area contributed by atoms with Gasteiger partial charge in [-0.25, -0.2) is 0 Å². The van der Waals surface area contributed by atoms with Crippen LogP contribution in [0, 0.1) is 11.8 Å². The van der Waals surface area contributed by atoms with Gasteiger partial charge in [-0.1, -0.05) is 12.8 Å². The van der Waals surface area contributed by atoms with Crippen molar-refractivity contribution in [3.8, 4) is 0 Å². The van der Waals surface area contributed by atoms with E-state index in [1.807, 2.05) is 0 Å². The molecule has 0 bridgehead atoms. The number of carbonyl (C=O) groups excluding carboxylic acids is 1. The van der Waals surface area contributed by atoms with Gasteiger partial charge in [-0.15, -0.1) is 0 Å². The molecule has 3 N–H and O–H groups in total. The maximum Gasteiger partial charge on any atom is 0.325 e. The fourth-order valence-electron chi connectivity index (χ4n) is 2.12. The van der Waals surface area contributed by atoms with Gasteiger partial charge < -0.3 is 15.5 Å². The van der Waals surface area contributed by atoms with Crippen molar-refractivity contribution in [2.24, 2.45) is 11.8 Å². The van der Waals surface area contributed by atoms with Crippen LogP contribution in [0.25, 0.3) is 0 Å². The van der Waals surface area contributed by atoms with Crippen molar-refractivity contribution in [2.75, 3.05) is 0 Å². The van der Waals surface area contributed by atoms with Crippen LogP contribution in [-0.2, 0) is 14.4 Å². The fraction of sp³-hybridized carbons (Fsp3) is 0.727. The Labute approximate surface area is 99.0 Å². The number of carboxylic acid groups (broad SMARTS) is 2. The number of aliphatic carboxylic acids is 2. The average molecular weight is 243 g/mol. The first-order valence-electron chi connectivity index (χ1n) is 5.69. The molecule has 3 atom stereocenters. The van der Waals surface area contributed by atoms with Gasteiger partial charge in [0.15, 0.2) is 0 Å². The minimum absolute atomic E-state index is 0.466. The van der Waals surface area contributed by atoms with Crippen LogP contribution in [-0.4, -0.2) is 34.1 Å². The van der Waals surface area contributed by atoms with Crippen molar-refractivity contribution >= 4 is 17.8 Å². The zero-order valence-electron chi connectivity index (χ0n) is 9.68. The topological polar surface area (TPSA) is 104 Å². The van der Waals surface area contributed by atoms with Gasteiger partial charge >= 0.3 is 11.9 Å². The van der Waals surface area contributed by atoms with E-state index in [1.165, 1.54) is 6.92 Å². The monoisotopic (exact) mass is 243 g/mol. The minimum Gasteiger partial charge on any atom is -0.481 e. The lowest BCUT2D eigenvalue weighted by atomic mass is 9.78. The Morgan fingerprint density at radius 2 is 1.65 bits per heavy atom. The van der Waals surface area contributed by atoms with E-state index in [2.05, 4.69) is 5.32 Å². The van der Waals surface area contributed by atoms with Gasteiger partial charge in [-0.05, 0) is 19.8 Å². The largest absolute Gasteiger partial charge is 0.481 e. The van der Waals surface area contributed by atoms with Crippen molar-refractivity contribution in [3.63, 3.8) is 0 Å². The van der Waals surface area contributed by atoms with E-state index < -0.39 is 35.7 Å². The van der Waals surface area contributed by atoms with Crippen LogP contribution in [0.3, 0.4) is 0 Å². The highest BCUT2D eigenvalue weighted by Crippen LogP contribution is 2.30. The zero-order chi connectivity index (χ0) is 13.0. The summed E-state index contributed by atoms with van der Waals surface area (Å²) in [6.45, 7) is 1.36. The quantitative estimate of drug-likeness (QED) is 0.665. The second-order valence-corrected chi connectivity index (χ2v) is 4.40. The molecule has 0 aromatic carbocycles. The summed E-state index contributed by atoms with van der Waals surface area (Å²) in [5, 5.41) is 20.0. The Kier molecular flexibility index (Phi) is 4.48. The molecule has 96 valence electrons. The number of rotatable bonds is 4. The van der Waals surface area contributed by atoms with Crippen LogP contribution in [0.5, 0.6) is 0 Å². The van der Waals surface area contributed by atoms with Gasteiger partial charge in [0.05, 0.1) is 11.8 Å². The summed E-state index contributed by atoms with van der Waals surface area (Å²) in [5.41, 5.74) is 0. The first-order valence-corrected chi connectivity index (χ1v) is 5.69. The summed E-state index contributed by atoms with van der Waals surface area (Å²) in [5.74, 6) is -3.87. The summed E-state index contributed by atoms with van der Waals surface area (Å²) in [4.78, 5) is 33.4. The van der Waals surface area contributed by atoms with Gasteiger partial charge in [-0.3, -0.25) is 14.4 Å². The molecular weight excluding hydrogens is 226 g/mol. The summed E-state index contributed by atoms with van der Waals surface area (Å²) in [6.07, 6.45) is 2.60. The Bertz CT molecular complexity index is 328. The number of amides is 1. The van der Waals surface area contributed by atoms with Crippen molar-refractivity contribution in [2.45, 2.75) is 38.6 Å². The second-order valence-electron chi connectivity index (χ2n) is 4.40. The molecule has 1 amide bonds. The van der Waals surface area contributed by atoms with Crippen LogP contribution in [0.2, 0.25) is 0 Å². The SMILES string of the molecule is CC(NC(=O)[C@@H]1CCCC[C@@H]1C(=O)O)C(=O)O. The second kappa shape index (κ2) is 5.65. The first-order chi connectivity index (χ1) is 7.93. The molecule has 0 saturated heterocycles. The van der Waals surface area contributed by atoms with E-state index in [4.69, 9.17) is 10.2 Å². The molecule has 17 heavy (non-hydrogen) atoms. The standard InChI is InChI=1S/C11H17NO5/c1-6(10(14)15)12-9(13)7-4-2-3-5-8(7)11(16)17/h6-8H,2-5H2,1H3,(H,12,13)(H,14,15)(H,16,17)/t6?,7-,8+/m1/s1. The van der Waals surface area contributed by atoms with E-state index in [1.54, 1.807) is 0 Å². The molecule has 0 aliphatic heterocycles. The molecular formula is C11H17NO5. The fourth-order valence-corrected chi connectivity index (χ4v) is 2.12. The van der Waals surface area contributed by atoms with E-state index in [-0.39, 0.29) is 0 Å². The zero-order valence-corrected chi connectivity index (χ0v) is 9.68. The molecule has 0 heterocycles. The average Bonchev–Trinajstić information content (AvgIpc) is 2.28. The van der Waals surface area contributed by atoms with Gasteiger partial charge in [0.2, 0.25) is 5.91 Å². The van der Waals surface area contributed by atoms with E-state index in [9.17, 15) is 14.4 Å². The Morgan fingerprint density at radius 3 is 2.12 bits per heavy atom. The highest BCUT2D eigenvalue weighted by molar-refractivity contribution is 5.88. The van der Waals surface area contributed by atoms with Crippen molar-refractivity contribution in [1.82, 2.24) is 5.32 Å². The molecule has 0 aromatic heterocycles. The molecule has 0 radical (unpaired) electrons. The smallest absolute Gasteiger partial charge is 0.325 e. The Morgan fingerprint density at radius 1 is 1.12 bits per heavy atom. The third-order valence-corrected chi connectivity index (χ3v) is 3.15. The molecule has 1 rings (SSSR count). The normalized spacial score (nSPS) is 25.9. The van der Waals surface area contributed by atoms with Crippen LogP contribution in [0.1, 0.15) is 32.6 Å². The lowest BCUT2D eigenvalue weighted by Crippen LogP contribution is -2.45. The lowest BCUT2D eigenvalue weighted by Gasteiger charge is -2.28. The van der Waals surface area contributed by atoms with Crippen LogP contribution >= 0.6 is 0 Å². The number of carboxylic acids is 2. The number of nitrogens with one attached hydrogen (secondary N) is 1.